The number of nitrogens with zero attached hydrogens (tertiary/aromatic N) is 1. The van der Waals surface area contributed by atoms with Crippen LogP contribution in [-0.2, 0) is 14.0 Å². The Morgan fingerprint density at radius 1 is 1.40 bits per heavy atom. The van der Waals surface area contributed by atoms with Crippen molar-refractivity contribution in [2.45, 2.75) is 18.9 Å². The van der Waals surface area contributed by atoms with E-state index in [1.54, 1.807) is 0 Å². The van der Waals surface area contributed by atoms with Gasteiger partial charge < -0.3 is 30.0 Å². The van der Waals surface area contributed by atoms with Crippen molar-refractivity contribution < 1.29 is 52.0 Å². The molecule has 1 atom stereocenters. The van der Waals surface area contributed by atoms with E-state index in [0.29, 0.717) is 13.0 Å². The Kier molecular flexibility index (Phi) is 12.6. The van der Waals surface area contributed by atoms with Crippen molar-refractivity contribution in [3.05, 3.63) is 15.3 Å². The van der Waals surface area contributed by atoms with Gasteiger partial charge in [0.25, 0.3) is 0 Å². The minimum absolute atomic E-state index is 0.568. The van der Waals surface area contributed by atoms with Gasteiger partial charge in [0.15, 0.2) is 0 Å². The first-order valence-electron chi connectivity index (χ1n) is 3.59. The van der Waals surface area contributed by atoms with Gasteiger partial charge in [-0.05, 0) is 12.8 Å². The Morgan fingerprint density at radius 2 is 1.80 bits per heavy atom. The van der Waals surface area contributed by atoms with Crippen molar-refractivity contribution in [1.82, 2.24) is 0 Å². The minimum atomic E-state index is -2.51. The molecule has 0 amide bonds. The van der Waals surface area contributed by atoms with E-state index in [-0.39, 0.29) is 0 Å². The van der Waals surface area contributed by atoms with Crippen LogP contribution in [0.15, 0.2) is 0 Å². The first-order valence-corrected chi connectivity index (χ1v) is 6.99. The summed E-state index contributed by atoms with van der Waals surface area (Å²) in [7, 11) is 0. The number of rotatable bonds is 1. The topological polar surface area (TPSA) is 150 Å². The summed E-state index contributed by atoms with van der Waals surface area (Å²) in [6.45, 7) is 0.568. The molecule has 84 valence electrons. The number of carboxylic acid groups (broad SMARTS) is 1. The Bertz CT molecular complexity index is 227. The van der Waals surface area contributed by atoms with Crippen molar-refractivity contribution in [3.8, 4) is 0 Å². The van der Waals surface area contributed by atoms with Crippen LogP contribution in [0.3, 0.4) is 0 Å². The molecule has 0 radical (unpaired) electrons. The molecule has 0 aliphatic carbocycles. The molecule has 15 heavy (non-hydrogen) atoms. The van der Waals surface area contributed by atoms with Gasteiger partial charge in [0.05, 0.1) is 17.2 Å². The van der Waals surface area contributed by atoms with E-state index in [1.165, 1.54) is 0 Å². The van der Waals surface area contributed by atoms with Crippen molar-refractivity contribution in [1.29, 1.82) is 0 Å². The molecule has 0 aromatic rings. The standard InChI is InChI=1S/C5H8O3.NO3.2O.U/c6-5(7)4-2-1-3-8-4;2-1(3)4;;;/h4H,1-3H2,(H,6,7);;;;/q;-1;;;+2/p-1. The molecule has 0 spiro atoms. The number of aliphatic carboxylic acids is 1. The molecular weight excluding hydrogens is 440 g/mol. The molecule has 10 heteroatoms. The predicted molar refractivity (Wildman–Crippen MR) is 35.7 cm³/mol. The summed E-state index contributed by atoms with van der Waals surface area (Å²) in [5.74, 6) is -1.08. The van der Waals surface area contributed by atoms with Crippen LogP contribution < -0.4 is 5.11 Å². The summed E-state index contributed by atoms with van der Waals surface area (Å²) in [5.41, 5.74) is 0. The second-order valence-electron chi connectivity index (χ2n) is 2.13. The molecule has 1 rings (SSSR count). The monoisotopic (exact) mass is 447 g/mol. The van der Waals surface area contributed by atoms with Gasteiger partial charge in [-0.15, -0.1) is 0 Å². The van der Waals surface area contributed by atoms with Crippen molar-refractivity contribution in [2.24, 2.45) is 0 Å². The van der Waals surface area contributed by atoms with Gasteiger partial charge in [0, 0.05) is 6.61 Å². The number of carboxylic acids is 1. The van der Waals surface area contributed by atoms with Crippen LogP contribution in [0.4, 0.5) is 0 Å². The molecule has 1 saturated heterocycles. The van der Waals surface area contributed by atoms with Crippen molar-refractivity contribution in [3.63, 3.8) is 0 Å². The molecule has 0 aromatic carbocycles. The van der Waals surface area contributed by atoms with Crippen LogP contribution in [0.1, 0.15) is 12.8 Å². The first kappa shape index (κ1) is 16.7. The number of carbonyl (C=O) groups is 1. The van der Waals surface area contributed by atoms with Crippen LogP contribution in [0.2, 0.25) is 0 Å². The zero-order valence-electron chi connectivity index (χ0n) is 7.41. The molecule has 1 aliphatic rings. The van der Waals surface area contributed by atoms with E-state index in [0.717, 1.165) is 6.42 Å². The maximum absolute atomic E-state index is 9.97. The van der Waals surface area contributed by atoms with E-state index < -0.39 is 45.0 Å². The van der Waals surface area contributed by atoms with Gasteiger partial charge in [0.2, 0.25) is 0 Å². The molecule has 1 heterocycles. The molecule has 1 aliphatic heterocycles. The number of hydrogen-bond donors (Lipinski definition) is 0. The fourth-order valence-corrected chi connectivity index (χ4v) is 0.764. The molecule has 0 N–H and O–H groups in total. The zero-order chi connectivity index (χ0) is 12.3. The van der Waals surface area contributed by atoms with Gasteiger partial charge in [0.1, 0.15) is 0 Å². The summed E-state index contributed by atoms with van der Waals surface area (Å²) in [5, 5.41) is 24.7. The summed E-state index contributed by atoms with van der Waals surface area (Å²) in [4.78, 5) is 18.2. The van der Waals surface area contributed by atoms with Crippen LogP contribution >= 0.6 is 0 Å². The molecule has 9 nitrogen and oxygen atoms in total. The molecular formula is C5H7NO8U. The van der Waals surface area contributed by atoms with Gasteiger partial charge >= 0.3 is 32.3 Å². The second-order valence-corrected chi connectivity index (χ2v) is 2.82. The van der Waals surface area contributed by atoms with Gasteiger partial charge in [-0.1, -0.05) is 0 Å². The molecule has 1 unspecified atom stereocenters. The van der Waals surface area contributed by atoms with E-state index in [4.69, 9.17) is 24.5 Å². The van der Waals surface area contributed by atoms with E-state index >= 15 is 0 Å². The maximum atomic E-state index is 9.97. The summed E-state index contributed by atoms with van der Waals surface area (Å²) < 4.78 is 21.9. The average Bonchev–Trinajstić information content (AvgIpc) is 2.55. The zero-order valence-corrected chi connectivity index (χ0v) is 11.6. The van der Waals surface area contributed by atoms with Gasteiger partial charge in [-0.3, -0.25) is 0 Å². The Labute approximate surface area is 98.7 Å². The third-order valence-corrected chi connectivity index (χ3v) is 1.19. The van der Waals surface area contributed by atoms with Crippen molar-refractivity contribution in [2.75, 3.05) is 6.61 Å². The Hall–Kier alpha value is -0.718. The quantitative estimate of drug-likeness (QED) is 0.346. The Balaban J connectivity index is 0. The average molecular weight is 447 g/mol. The number of ether oxygens (including phenoxy) is 1. The van der Waals surface area contributed by atoms with Gasteiger partial charge in [-0.2, -0.15) is 0 Å². The molecule has 1 fully saturated rings. The van der Waals surface area contributed by atoms with Crippen LogP contribution in [0.25, 0.3) is 0 Å². The molecule has 0 aromatic heterocycles. The number of hydrogen-bond acceptors (Lipinski definition) is 8. The van der Waals surface area contributed by atoms with E-state index in [1.807, 2.05) is 0 Å². The summed E-state index contributed by atoms with van der Waals surface area (Å²) in [6, 6.07) is 0. The number of carbonyl (C=O) groups excluding carboxylic acids is 1. The second kappa shape index (κ2) is 11.4. The third-order valence-electron chi connectivity index (χ3n) is 1.19. The van der Waals surface area contributed by atoms with Gasteiger partial charge in [-0.25, -0.2) is 0 Å². The Morgan fingerprint density at radius 3 is 1.93 bits per heavy atom. The summed E-state index contributed by atoms with van der Waals surface area (Å²) in [6.07, 6.45) is 0.830. The molecule has 0 bridgehead atoms. The predicted octanol–water partition coefficient (Wildman–Crippen LogP) is -1.56. The van der Waals surface area contributed by atoms with Crippen LogP contribution in [0.5, 0.6) is 0 Å². The SMILES string of the molecule is O=C([O-])C1CCCO1.O=[N+]([O-])[O-].[O]=[U+2]=[O]. The van der Waals surface area contributed by atoms with Crippen LogP contribution in [0, 0.1) is 43.1 Å². The van der Waals surface area contributed by atoms with Crippen LogP contribution in [-0.4, -0.2) is 23.8 Å². The van der Waals surface area contributed by atoms with Crippen molar-refractivity contribution >= 4 is 5.97 Å². The fraction of sp³-hybridized carbons (Fsp3) is 0.800. The fourth-order valence-electron chi connectivity index (χ4n) is 0.764. The first-order chi connectivity index (χ1) is 6.95. The molecule has 0 saturated carbocycles. The van der Waals surface area contributed by atoms with E-state index in [2.05, 4.69) is 0 Å². The third kappa shape index (κ3) is 16.0. The normalized spacial score (nSPS) is 17.2. The van der Waals surface area contributed by atoms with E-state index in [9.17, 15) is 9.90 Å². The summed E-state index contributed by atoms with van der Waals surface area (Å²) >= 11 is -2.51.